The molecule has 106 valence electrons. The van der Waals surface area contributed by atoms with Crippen LogP contribution < -0.4 is 5.73 Å². The second-order valence-corrected chi connectivity index (χ2v) is 6.00. The maximum absolute atomic E-state index is 5.74. The fraction of sp³-hybridized carbons (Fsp3) is 0.733. The lowest BCUT2D eigenvalue weighted by atomic mass is 9.97. The van der Waals surface area contributed by atoms with Crippen molar-refractivity contribution in [1.29, 1.82) is 0 Å². The molecule has 3 rings (SSSR count). The minimum Gasteiger partial charge on any atom is -0.463 e. The Morgan fingerprint density at radius 2 is 2.11 bits per heavy atom. The Bertz CT molecular complexity index is 417. The van der Waals surface area contributed by atoms with Gasteiger partial charge in [-0.05, 0) is 38.4 Å². The average Bonchev–Trinajstić information content (AvgIpc) is 2.87. The topological polar surface area (TPSA) is 45.6 Å². The van der Waals surface area contributed by atoms with Crippen LogP contribution in [0.5, 0.6) is 0 Å². The third kappa shape index (κ3) is 2.86. The quantitative estimate of drug-likeness (QED) is 0.903. The number of hydrogen-bond donors (Lipinski definition) is 1. The summed E-state index contributed by atoms with van der Waals surface area (Å²) in [6.07, 6.45) is 4.12. The lowest BCUT2D eigenvalue weighted by Crippen LogP contribution is -2.58. The molecule has 0 aliphatic carbocycles. The molecule has 0 aromatic carbocycles. The lowest BCUT2D eigenvalue weighted by molar-refractivity contribution is 0.00792. The second kappa shape index (κ2) is 5.65. The summed E-state index contributed by atoms with van der Waals surface area (Å²) in [5.74, 6) is 1.94. The van der Waals surface area contributed by atoms with Crippen molar-refractivity contribution in [1.82, 2.24) is 9.80 Å². The maximum Gasteiger partial charge on any atom is 0.118 e. The van der Waals surface area contributed by atoms with Crippen molar-refractivity contribution in [2.45, 2.75) is 51.4 Å². The highest BCUT2D eigenvalue weighted by atomic mass is 16.3. The van der Waals surface area contributed by atoms with Gasteiger partial charge in [0.25, 0.3) is 0 Å². The molecule has 0 saturated carbocycles. The molecule has 2 atom stereocenters. The van der Waals surface area contributed by atoms with Crippen LogP contribution in [0.4, 0.5) is 0 Å². The van der Waals surface area contributed by atoms with Gasteiger partial charge in [-0.1, -0.05) is 6.42 Å². The number of rotatable bonds is 3. The van der Waals surface area contributed by atoms with Crippen molar-refractivity contribution in [2.75, 3.05) is 19.6 Å². The van der Waals surface area contributed by atoms with Crippen molar-refractivity contribution >= 4 is 0 Å². The SMILES string of the molecule is CC1CN2CCCCC2CN1Cc1ccc(CN)o1. The Kier molecular flexibility index (Phi) is 3.91. The highest BCUT2D eigenvalue weighted by Gasteiger charge is 2.33. The van der Waals surface area contributed by atoms with E-state index in [1.165, 1.54) is 38.9 Å². The van der Waals surface area contributed by atoms with Gasteiger partial charge < -0.3 is 10.2 Å². The lowest BCUT2D eigenvalue weighted by Gasteiger charge is -2.47. The first kappa shape index (κ1) is 13.2. The number of piperidine rings is 1. The molecule has 0 amide bonds. The summed E-state index contributed by atoms with van der Waals surface area (Å²) in [4.78, 5) is 5.24. The van der Waals surface area contributed by atoms with E-state index < -0.39 is 0 Å². The minimum absolute atomic E-state index is 0.492. The van der Waals surface area contributed by atoms with Gasteiger partial charge in [0.1, 0.15) is 11.5 Å². The molecule has 19 heavy (non-hydrogen) atoms. The number of hydrogen-bond acceptors (Lipinski definition) is 4. The van der Waals surface area contributed by atoms with Crippen LogP contribution in [0, 0.1) is 0 Å². The average molecular weight is 263 g/mol. The van der Waals surface area contributed by atoms with Crippen LogP contribution in [-0.4, -0.2) is 41.5 Å². The normalized spacial score (nSPS) is 29.4. The molecule has 1 aromatic rings. The third-order valence-electron chi connectivity index (χ3n) is 4.59. The van der Waals surface area contributed by atoms with E-state index in [0.717, 1.165) is 24.1 Å². The van der Waals surface area contributed by atoms with Crippen molar-refractivity contribution in [3.05, 3.63) is 23.7 Å². The Balaban J connectivity index is 1.63. The van der Waals surface area contributed by atoms with E-state index in [-0.39, 0.29) is 0 Å². The van der Waals surface area contributed by atoms with Gasteiger partial charge in [0, 0.05) is 25.2 Å². The van der Waals surface area contributed by atoms with Crippen LogP contribution in [0.3, 0.4) is 0 Å². The number of furan rings is 1. The number of fused-ring (bicyclic) bond motifs is 1. The molecule has 1 aromatic heterocycles. The van der Waals surface area contributed by atoms with E-state index >= 15 is 0 Å². The smallest absolute Gasteiger partial charge is 0.118 e. The number of nitrogens with two attached hydrogens (primary N) is 1. The first-order valence-electron chi connectivity index (χ1n) is 7.52. The van der Waals surface area contributed by atoms with Gasteiger partial charge >= 0.3 is 0 Å². The van der Waals surface area contributed by atoms with Crippen LogP contribution >= 0.6 is 0 Å². The van der Waals surface area contributed by atoms with E-state index in [1.54, 1.807) is 0 Å². The molecule has 0 bridgehead atoms. The standard InChI is InChI=1S/C15H25N3O/c1-12-9-17-7-3-2-4-13(17)10-18(12)11-15-6-5-14(8-16)19-15/h5-6,12-13H,2-4,7-11,16H2,1H3. The van der Waals surface area contributed by atoms with Gasteiger partial charge in [0.05, 0.1) is 13.1 Å². The number of nitrogens with zero attached hydrogens (tertiary/aromatic N) is 2. The van der Waals surface area contributed by atoms with Crippen molar-refractivity contribution in [2.24, 2.45) is 5.73 Å². The van der Waals surface area contributed by atoms with Gasteiger partial charge in [-0.25, -0.2) is 0 Å². The summed E-state index contributed by atoms with van der Waals surface area (Å²) >= 11 is 0. The summed E-state index contributed by atoms with van der Waals surface area (Å²) in [6.45, 7) is 7.42. The van der Waals surface area contributed by atoms with Crippen LogP contribution in [0.1, 0.15) is 37.7 Å². The van der Waals surface area contributed by atoms with Crippen LogP contribution in [-0.2, 0) is 13.1 Å². The zero-order valence-electron chi connectivity index (χ0n) is 11.8. The van der Waals surface area contributed by atoms with Crippen LogP contribution in [0.2, 0.25) is 0 Å². The van der Waals surface area contributed by atoms with E-state index in [2.05, 4.69) is 22.8 Å². The minimum atomic E-state index is 0.492. The molecule has 4 heteroatoms. The summed E-state index contributed by atoms with van der Waals surface area (Å²) in [5.41, 5.74) is 5.60. The summed E-state index contributed by atoms with van der Waals surface area (Å²) in [6, 6.07) is 5.44. The zero-order chi connectivity index (χ0) is 13.2. The predicted molar refractivity (Wildman–Crippen MR) is 75.7 cm³/mol. The molecule has 2 aliphatic heterocycles. The molecular formula is C15H25N3O. The molecule has 0 radical (unpaired) electrons. The highest BCUT2D eigenvalue weighted by Crippen LogP contribution is 2.25. The van der Waals surface area contributed by atoms with Gasteiger partial charge in [0.15, 0.2) is 0 Å². The fourth-order valence-corrected chi connectivity index (χ4v) is 3.45. The van der Waals surface area contributed by atoms with Gasteiger partial charge in [-0.3, -0.25) is 9.80 Å². The molecule has 2 N–H and O–H groups in total. The Hall–Kier alpha value is -0.840. The van der Waals surface area contributed by atoms with E-state index in [1.807, 2.05) is 6.07 Å². The van der Waals surface area contributed by atoms with Crippen LogP contribution in [0.15, 0.2) is 16.5 Å². The van der Waals surface area contributed by atoms with Crippen LogP contribution in [0.25, 0.3) is 0 Å². The van der Waals surface area contributed by atoms with Crippen molar-refractivity contribution < 1.29 is 4.42 Å². The molecule has 2 aliphatic rings. The summed E-state index contributed by atoms with van der Waals surface area (Å²) in [5, 5.41) is 0. The van der Waals surface area contributed by atoms with Gasteiger partial charge in [-0.2, -0.15) is 0 Å². The monoisotopic (exact) mass is 263 g/mol. The molecule has 2 saturated heterocycles. The summed E-state index contributed by atoms with van der Waals surface area (Å²) < 4.78 is 5.74. The van der Waals surface area contributed by atoms with Crippen molar-refractivity contribution in [3.8, 4) is 0 Å². The van der Waals surface area contributed by atoms with E-state index in [9.17, 15) is 0 Å². The maximum atomic E-state index is 5.74. The molecule has 2 fully saturated rings. The molecular weight excluding hydrogens is 238 g/mol. The summed E-state index contributed by atoms with van der Waals surface area (Å²) in [7, 11) is 0. The molecule has 2 unspecified atom stereocenters. The molecule has 4 nitrogen and oxygen atoms in total. The predicted octanol–water partition coefficient (Wildman–Crippen LogP) is 1.80. The van der Waals surface area contributed by atoms with Crippen molar-refractivity contribution in [3.63, 3.8) is 0 Å². The number of piperazine rings is 1. The second-order valence-electron chi connectivity index (χ2n) is 6.00. The molecule has 0 spiro atoms. The molecule has 3 heterocycles. The van der Waals surface area contributed by atoms with Gasteiger partial charge in [0.2, 0.25) is 0 Å². The largest absolute Gasteiger partial charge is 0.463 e. The Morgan fingerprint density at radius 3 is 2.89 bits per heavy atom. The van der Waals surface area contributed by atoms with E-state index in [0.29, 0.717) is 12.6 Å². The highest BCUT2D eigenvalue weighted by molar-refractivity contribution is 5.07. The van der Waals surface area contributed by atoms with E-state index in [4.69, 9.17) is 10.2 Å². The Labute approximate surface area is 115 Å². The first-order valence-corrected chi connectivity index (χ1v) is 7.52. The first-order chi connectivity index (χ1) is 9.26. The third-order valence-corrected chi connectivity index (χ3v) is 4.59. The Morgan fingerprint density at radius 1 is 1.26 bits per heavy atom. The fourth-order valence-electron chi connectivity index (χ4n) is 3.45. The zero-order valence-corrected chi connectivity index (χ0v) is 11.8. The van der Waals surface area contributed by atoms with Gasteiger partial charge in [-0.15, -0.1) is 0 Å².